The Morgan fingerprint density at radius 1 is 1.12 bits per heavy atom. The van der Waals surface area contributed by atoms with E-state index in [1.165, 1.54) is 10.6 Å². The second kappa shape index (κ2) is 6.16. The third-order valence-corrected chi connectivity index (χ3v) is 5.76. The van der Waals surface area contributed by atoms with Gasteiger partial charge in [-0.25, -0.2) is 22.7 Å². The molecule has 0 spiro atoms. The van der Waals surface area contributed by atoms with E-state index < -0.39 is 10.0 Å². The lowest BCUT2D eigenvalue weighted by Crippen LogP contribution is -2.38. The van der Waals surface area contributed by atoms with Gasteiger partial charge in [-0.3, -0.25) is 14.4 Å². The molecule has 0 aliphatic carbocycles. The summed E-state index contributed by atoms with van der Waals surface area (Å²) in [6.45, 7) is 1.04. The number of rotatable bonds is 3. The molecule has 4 rings (SSSR count). The molecule has 8 nitrogen and oxygen atoms in total. The van der Waals surface area contributed by atoms with Gasteiger partial charge >= 0.3 is 0 Å². The molecule has 0 N–H and O–H groups in total. The molecule has 25 heavy (non-hydrogen) atoms. The highest BCUT2D eigenvalue weighted by molar-refractivity contribution is 7.88. The van der Waals surface area contributed by atoms with Crippen molar-refractivity contribution in [1.82, 2.24) is 28.6 Å². The van der Waals surface area contributed by atoms with Crippen molar-refractivity contribution >= 4 is 15.8 Å². The van der Waals surface area contributed by atoms with E-state index in [9.17, 15) is 8.42 Å². The first kappa shape index (κ1) is 16.1. The van der Waals surface area contributed by atoms with Crippen molar-refractivity contribution in [2.75, 3.05) is 19.3 Å². The second-order valence-corrected chi connectivity index (χ2v) is 8.20. The van der Waals surface area contributed by atoms with Gasteiger partial charge in [-0.1, -0.05) is 0 Å². The smallest absolute Gasteiger partial charge is 0.234 e. The van der Waals surface area contributed by atoms with E-state index in [4.69, 9.17) is 0 Å². The predicted octanol–water partition coefficient (Wildman–Crippen LogP) is 1.33. The summed E-state index contributed by atoms with van der Waals surface area (Å²) in [6, 6.07) is 1.84. The van der Waals surface area contributed by atoms with Crippen LogP contribution in [-0.2, 0) is 10.0 Å². The third-order valence-electron chi connectivity index (χ3n) is 4.49. The molecule has 0 saturated carbocycles. The number of fused-ring (bicyclic) bond motifs is 1. The van der Waals surface area contributed by atoms with Crippen LogP contribution >= 0.6 is 0 Å². The lowest BCUT2D eigenvalue weighted by molar-refractivity contribution is 0.314. The summed E-state index contributed by atoms with van der Waals surface area (Å²) in [5, 5.41) is 0. The van der Waals surface area contributed by atoms with E-state index in [0.717, 1.165) is 24.2 Å². The zero-order chi connectivity index (χ0) is 17.4. The van der Waals surface area contributed by atoms with Gasteiger partial charge in [-0.15, -0.1) is 0 Å². The highest BCUT2D eigenvalue weighted by atomic mass is 32.2. The number of nitrogens with zero attached hydrogens (tertiary/aromatic N) is 6. The van der Waals surface area contributed by atoms with Gasteiger partial charge in [-0.2, -0.15) is 0 Å². The van der Waals surface area contributed by atoms with Gasteiger partial charge in [0, 0.05) is 37.6 Å². The Morgan fingerprint density at radius 2 is 2.00 bits per heavy atom. The van der Waals surface area contributed by atoms with Crippen LogP contribution in [0, 0.1) is 0 Å². The van der Waals surface area contributed by atoms with Crippen molar-refractivity contribution in [2.24, 2.45) is 0 Å². The molecule has 0 amide bonds. The van der Waals surface area contributed by atoms with E-state index in [-0.39, 0.29) is 5.92 Å². The van der Waals surface area contributed by atoms with Crippen molar-refractivity contribution < 1.29 is 8.42 Å². The lowest BCUT2D eigenvalue weighted by Gasteiger charge is -2.30. The van der Waals surface area contributed by atoms with Crippen molar-refractivity contribution in [1.29, 1.82) is 0 Å². The first-order valence-corrected chi connectivity index (χ1v) is 9.93. The Bertz CT molecular complexity index is 999. The Kier molecular flexibility index (Phi) is 3.97. The van der Waals surface area contributed by atoms with Crippen LogP contribution in [0.2, 0.25) is 0 Å². The number of piperidine rings is 1. The summed E-state index contributed by atoms with van der Waals surface area (Å²) >= 11 is 0. The maximum absolute atomic E-state index is 11.8. The average molecular weight is 358 g/mol. The molecule has 9 heteroatoms. The van der Waals surface area contributed by atoms with E-state index in [2.05, 4.69) is 19.9 Å². The fourth-order valence-electron chi connectivity index (χ4n) is 3.18. The van der Waals surface area contributed by atoms with Gasteiger partial charge < -0.3 is 0 Å². The van der Waals surface area contributed by atoms with Crippen molar-refractivity contribution in [3.63, 3.8) is 0 Å². The first-order valence-electron chi connectivity index (χ1n) is 8.08. The van der Waals surface area contributed by atoms with Gasteiger partial charge in [0.25, 0.3) is 0 Å². The minimum absolute atomic E-state index is 0.0777. The summed E-state index contributed by atoms with van der Waals surface area (Å²) in [7, 11) is -3.17. The van der Waals surface area contributed by atoms with Crippen LogP contribution in [0.3, 0.4) is 0 Å². The lowest BCUT2D eigenvalue weighted by atomic mass is 9.96. The van der Waals surface area contributed by atoms with E-state index in [1.807, 2.05) is 16.7 Å². The number of hydrogen-bond acceptors (Lipinski definition) is 6. The third kappa shape index (κ3) is 3.12. The molecule has 0 radical (unpaired) electrons. The van der Waals surface area contributed by atoms with E-state index in [0.29, 0.717) is 24.6 Å². The minimum Gasteiger partial charge on any atom is -0.282 e. The van der Waals surface area contributed by atoms with Crippen LogP contribution in [-0.4, -0.2) is 56.4 Å². The van der Waals surface area contributed by atoms with Crippen LogP contribution in [0.25, 0.3) is 17.2 Å². The largest absolute Gasteiger partial charge is 0.282 e. The molecule has 0 bridgehead atoms. The number of aromatic nitrogens is 5. The first-order chi connectivity index (χ1) is 12.0. The van der Waals surface area contributed by atoms with Crippen LogP contribution in [0.15, 0.2) is 37.1 Å². The summed E-state index contributed by atoms with van der Waals surface area (Å²) in [6.07, 6.45) is 11.7. The monoisotopic (exact) mass is 358 g/mol. The topological polar surface area (TPSA) is 93.4 Å². The van der Waals surface area contributed by atoms with Crippen molar-refractivity contribution in [3.8, 4) is 11.4 Å². The van der Waals surface area contributed by atoms with Crippen LogP contribution < -0.4 is 0 Å². The molecule has 3 aromatic heterocycles. The average Bonchev–Trinajstić information content (AvgIpc) is 3.05. The van der Waals surface area contributed by atoms with E-state index in [1.54, 1.807) is 24.8 Å². The highest BCUT2D eigenvalue weighted by Gasteiger charge is 2.27. The van der Waals surface area contributed by atoms with Crippen LogP contribution in [0.1, 0.15) is 24.5 Å². The molecular formula is C16H18N6O2S. The molecule has 1 aliphatic rings. The normalized spacial score (nSPS) is 19.3. The zero-order valence-electron chi connectivity index (χ0n) is 13.8. The zero-order valence-corrected chi connectivity index (χ0v) is 14.6. The summed E-state index contributed by atoms with van der Waals surface area (Å²) in [4.78, 5) is 17.5. The molecule has 0 aromatic carbocycles. The van der Waals surface area contributed by atoms with Crippen LogP contribution in [0.5, 0.6) is 0 Å². The fourth-order valence-corrected chi connectivity index (χ4v) is 4.09. The van der Waals surface area contributed by atoms with Gasteiger partial charge in [-0.05, 0) is 18.9 Å². The summed E-state index contributed by atoms with van der Waals surface area (Å²) in [5.41, 5.74) is 2.35. The highest BCUT2D eigenvalue weighted by Crippen LogP contribution is 2.27. The number of sulfonamides is 1. The second-order valence-electron chi connectivity index (χ2n) is 6.22. The molecule has 0 unspecified atom stereocenters. The Balaban J connectivity index is 1.60. The molecule has 1 fully saturated rings. The van der Waals surface area contributed by atoms with E-state index >= 15 is 0 Å². The van der Waals surface area contributed by atoms with Crippen LogP contribution in [0.4, 0.5) is 0 Å². The van der Waals surface area contributed by atoms with Gasteiger partial charge in [0.05, 0.1) is 30.0 Å². The molecule has 1 aliphatic heterocycles. The SMILES string of the molecule is CS(=O)(=O)N1CCC[C@@H](c2cnc(-c3cnc4ncccn34)cn2)C1. The maximum Gasteiger partial charge on any atom is 0.234 e. The molecule has 1 atom stereocenters. The summed E-state index contributed by atoms with van der Waals surface area (Å²) in [5.74, 6) is 0.688. The van der Waals surface area contributed by atoms with Crippen molar-refractivity contribution in [3.05, 3.63) is 42.7 Å². The quantitative estimate of drug-likeness (QED) is 0.701. The number of imidazole rings is 1. The number of hydrogen-bond donors (Lipinski definition) is 0. The summed E-state index contributed by atoms with van der Waals surface area (Å²) < 4.78 is 26.9. The molecule has 130 valence electrons. The molecular weight excluding hydrogens is 340 g/mol. The van der Waals surface area contributed by atoms with Gasteiger partial charge in [0.2, 0.25) is 15.8 Å². The Morgan fingerprint density at radius 3 is 2.76 bits per heavy atom. The molecule has 3 aromatic rings. The Labute approximate surface area is 145 Å². The van der Waals surface area contributed by atoms with Gasteiger partial charge in [0.15, 0.2) is 0 Å². The molecule has 1 saturated heterocycles. The predicted molar refractivity (Wildman–Crippen MR) is 92.4 cm³/mol. The molecule has 4 heterocycles. The minimum atomic E-state index is -3.17. The van der Waals surface area contributed by atoms with Crippen molar-refractivity contribution in [2.45, 2.75) is 18.8 Å². The Hall–Kier alpha value is -2.39. The fraction of sp³-hybridized carbons (Fsp3) is 0.375. The standard InChI is InChI=1S/C16H18N6O2S/c1-25(23,24)21-6-2-4-12(11-21)13-8-19-14(9-18-13)15-10-20-16-17-5-3-7-22(15)16/h3,5,7-10,12H,2,4,6,11H2,1H3/t12-/m1/s1. The van der Waals surface area contributed by atoms with Gasteiger partial charge in [0.1, 0.15) is 5.69 Å². The maximum atomic E-state index is 11.8.